The molecule has 0 aromatic carbocycles. The minimum absolute atomic E-state index is 0.0689. The third kappa shape index (κ3) is 3.32. The van der Waals surface area contributed by atoms with Crippen LogP contribution in [0.2, 0.25) is 4.34 Å². The van der Waals surface area contributed by atoms with E-state index in [1.807, 2.05) is 6.07 Å². The average Bonchev–Trinajstić information content (AvgIpc) is 3.18. The van der Waals surface area contributed by atoms with Crippen LogP contribution in [0.3, 0.4) is 0 Å². The number of amides is 1. The zero-order chi connectivity index (χ0) is 13.2. The molecule has 2 aliphatic rings. The lowest BCUT2D eigenvalue weighted by Crippen LogP contribution is -2.42. The fraction of sp³-hybridized carbons (Fsp3) is 0.667. The van der Waals surface area contributed by atoms with Gasteiger partial charge in [-0.05, 0) is 49.7 Å². The molecular weight excluding hydrogens is 278 g/mol. The molecule has 1 N–H and O–H groups in total. The molecule has 0 radical (unpaired) electrons. The molecule has 1 atom stereocenters. The second-order valence-electron chi connectivity index (χ2n) is 5.84. The van der Waals surface area contributed by atoms with Crippen LogP contribution in [-0.4, -0.2) is 11.9 Å². The number of carbonyl (C=O) groups excluding carboxylic acids is 1. The van der Waals surface area contributed by atoms with Gasteiger partial charge in [-0.25, -0.2) is 0 Å². The van der Waals surface area contributed by atoms with E-state index in [1.54, 1.807) is 6.07 Å². The van der Waals surface area contributed by atoms with E-state index >= 15 is 0 Å². The molecule has 2 nitrogen and oxygen atoms in total. The SMILES string of the molecule is O=C(N[C@H](C1CCCCC1)C1CC1)c1ccc(Cl)s1. The number of carbonyl (C=O) groups is 1. The summed E-state index contributed by atoms with van der Waals surface area (Å²) in [6.45, 7) is 0. The van der Waals surface area contributed by atoms with E-state index in [0.29, 0.717) is 16.3 Å². The molecule has 1 heterocycles. The Labute approximate surface area is 123 Å². The number of thiophene rings is 1. The smallest absolute Gasteiger partial charge is 0.261 e. The molecule has 2 saturated carbocycles. The summed E-state index contributed by atoms with van der Waals surface area (Å²) >= 11 is 7.27. The highest BCUT2D eigenvalue weighted by Gasteiger charge is 2.38. The van der Waals surface area contributed by atoms with Crippen molar-refractivity contribution in [2.75, 3.05) is 0 Å². The van der Waals surface area contributed by atoms with Gasteiger partial charge in [-0.1, -0.05) is 30.9 Å². The van der Waals surface area contributed by atoms with Gasteiger partial charge in [-0.15, -0.1) is 11.3 Å². The number of hydrogen-bond acceptors (Lipinski definition) is 2. The quantitative estimate of drug-likeness (QED) is 0.871. The zero-order valence-electron chi connectivity index (χ0n) is 11.0. The molecule has 0 spiro atoms. The Bertz CT molecular complexity index is 449. The van der Waals surface area contributed by atoms with Crippen molar-refractivity contribution in [2.45, 2.75) is 51.0 Å². The number of hydrogen-bond donors (Lipinski definition) is 1. The molecule has 0 saturated heterocycles. The average molecular weight is 298 g/mol. The zero-order valence-corrected chi connectivity index (χ0v) is 12.6. The Morgan fingerprint density at radius 3 is 2.42 bits per heavy atom. The molecule has 2 aliphatic carbocycles. The Morgan fingerprint density at radius 2 is 1.84 bits per heavy atom. The maximum Gasteiger partial charge on any atom is 0.261 e. The van der Waals surface area contributed by atoms with Crippen LogP contribution in [0.5, 0.6) is 0 Å². The molecule has 0 unspecified atom stereocenters. The second-order valence-corrected chi connectivity index (χ2v) is 7.55. The van der Waals surface area contributed by atoms with Gasteiger partial charge < -0.3 is 5.32 Å². The van der Waals surface area contributed by atoms with Gasteiger partial charge in [0.15, 0.2) is 0 Å². The maximum absolute atomic E-state index is 12.3. The molecule has 19 heavy (non-hydrogen) atoms. The molecular formula is C15H20ClNOS. The molecule has 0 aliphatic heterocycles. The lowest BCUT2D eigenvalue weighted by molar-refractivity contribution is 0.0907. The van der Waals surface area contributed by atoms with Gasteiger partial charge in [0.05, 0.1) is 9.21 Å². The van der Waals surface area contributed by atoms with Gasteiger partial charge >= 0.3 is 0 Å². The van der Waals surface area contributed by atoms with Crippen LogP contribution >= 0.6 is 22.9 Å². The van der Waals surface area contributed by atoms with Crippen molar-refractivity contribution in [1.29, 1.82) is 0 Å². The van der Waals surface area contributed by atoms with E-state index in [-0.39, 0.29) is 5.91 Å². The van der Waals surface area contributed by atoms with Gasteiger partial charge in [0.25, 0.3) is 5.91 Å². The van der Waals surface area contributed by atoms with Crippen LogP contribution in [0.1, 0.15) is 54.6 Å². The normalized spacial score (nSPS) is 22.2. The summed E-state index contributed by atoms with van der Waals surface area (Å²) in [7, 11) is 0. The topological polar surface area (TPSA) is 29.1 Å². The number of rotatable bonds is 4. The lowest BCUT2D eigenvalue weighted by atomic mass is 9.82. The van der Waals surface area contributed by atoms with Gasteiger partial charge in [-0.2, -0.15) is 0 Å². The molecule has 4 heteroatoms. The Kier molecular flexibility index (Phi) is 4.13. The van der Waals surface area contributed by atoms with Crippen LogP contribution in [0.4, 0.5) is 0 Å². The van der Waals surface area contributed by atoms with Gasteiger partial charge in [0, 0.05) is 6.04 Å². The maximum atomic E-state index is 12.3. The standard InChI is InChI=1S/C15H20ClNOS/c16-13-9-8-12(19-13)15(18)17-14(11-6-7-11)10-4-2-1-3-5-10/h8-11,14H,1-7H2,(H,17,18)/t14-/m1/s1. The summed E-state index contributed by atoms with van der Waals surface area (Å²) in [4.78, 5) is 13.0. The highest BCUT2D eigenvalue weighted by atomic mass is 35.5. The van der Waals surface area contributed by atoms with Crippen LogP contribution < -0.4 is 5.32 Å². The van der Waals surface area contributed by atoms with E-state index in [2.05, 4.69) is 5.32 Å². The third-order valence-corrected chi connectivity index (χ3v) is 5.61. The van der Waals surface area contributed by atoms with Crippen molar-refractivity contribution in [3.8, 4) is 0 Å². The van der Waals surface area contributed by atoms with Crippen molar-refractivity contribution in [1.82, 2.24) is 5.32 Å². The predicted molar refractivity (Wildman–Crippen MR) is 79.9 cm³/mol. The predicted octanol–water partition coefficient (Wildman–Crippen LogP) is 4.49. The molecule has 1 aromatic rings. The number of nitrogens with one attached hydrogen (secondary N) is 1. The first-order chi connectivity index (χ1) is 9.24. The first kappa shape index (κ1) is 13.4. The molecule has 104 valence electrons. The highest BCUT2D eigenvalue weighted by Crippen LogP contribution is 2.40. The van der Waals surface area contributed by atoms with E-state index in [4.69, 9.17) is 11.6 Å². The van der Waals surface area contributed by atoms with Crippen LogP contribution in [-0.2, 0) is 0 Å². The van der Waals surface area contributed by atoms with Crippen molar-refractivity contribution >= 4 is 28.8 Å². The third-order valence-electron chi connectivity index (χ3n) is 4.38. The summed E-state index contributed by atoms with van der Waals surface area (Å²) in [5.41, 5.74) is 0. The van der Waals surface area contributed by atoms with E-state index in [1.165, 1.54) is 56.3 Å². The first-order valence-electron chi connectivity index (χ1n) is 7.30. The van der Waals surface area contributed by atoms with Gasteiger partial charge in [0.2, 0.25) is 0 Å². The Hall–Kier alpha value is -0.540. The minimum Gasteiger partial charge on any atom is -0.348 e. The summed E-state index contributed by atoms with van der Waals surface area (Å²) in [6, 6.07) is 4.02. The van der Waals surface area contributed by atoms with Crippen LogP contribution in [0.25, 0.3) is 0 Å². The van der Waals surface area contributed by atoms with Crippen molar-refractivity contribution in [3.63, 3.8) is 0 Å². The van der Waals surface area contributed by atoms with E-state index < -0.39 is 0 Å². The fourth-order valence-electron chi connectivity index (χ4n) is 3.23. The van der Waals surface area contributed by atoms with Gasteiger partial charge in [-0.3, -0.25) is 4.79 Å². The van der Waals surface area contributed by atoms with Crippen LogP contribution in [0.15, 0.2) is 12.1 Å². The van der Waals surface area contributed by atoms with Crippen LogP contribution in [0, 0.1) is 11.8 Å². The molecule has 1 amide bonds. The van der Waals surface area contributed by atoms with Gasteiger partial charge in [0.1, 0.15) is 0 Å². The molecule has 2 fully saturated rings. The summed E-state index contributed by atoms with van der Waals surface area (Å²) in [6.07, 6.45) is 9.16. The second kappa shape index (κ2) is 5.84. The largest absolute Gasteiger partial charge is 0.348 e. The van der Waals surface area contributed by atoms with E-state index in [9.17, 15) is 4.79 Å². The monoisotopic (exact) mass is 297 g/mol. The van der Waals surface area contributed by atoms with E-state index in [0.717, 1.165) is 10.8 Å². The molecule has 1 aromatic heterocycles. The Balaban J connectivity index is 1.65. The first-order valence-corrected chi connectivity index (χ1v) is 8.49. The fourth-order valence-corrected chi connectivity index (χ4v) is 4.17. The molecule has 0 bridgehead atoms. The van der Waals surface area contributed by atoms with Crippen molar-refractivity contribution in [3.05, 3.63) is 21.3 Å². The number of halogens is 1. The van der Waals surface area contributed by atoms with Crippen molar-refractivity contribution in [2.24, 2.45) is 11.8 Å². The summed E-state index contributed by atoms with van der Waals surface area (Å²) < 4.78 is 0.686. The lowest BCUT2D eigenvalue weighted by Gasteiger charge is -2.31. The van der Waals surface area contributed by atoms with Crippen molar-refractivity contribution < 1.29 is 4.79 Å². The Morgan fingerprint density at radius 1 is 1.16 bits per heavy atom. The minimum atomic E-state index is 0.0689. The highest BCUT2D eigenvalue weighted by molar-refractivity contribution is 7.17. The molecule has 3 rings (SSSR count). The summed E-state index contributed by atoms with van der Waals surface area (Å²) in [5, 5.41) is 3.29. The summed E-state index contributed by atoms with van der Waals surface area (Å²) in [5.74, 6) is 1.49.